The maximum Gasteiger partial charge on any atom is 0.206 e. The van der Waals surface area contributed by atoms with Crippen molar-refractivity contribution in [3.05, 3.63) is 54.1 Å². The van der Waals surface area contributed by atoms with Crippen molar-refractivity contribution in [1.29, 1.82) is 0 Å². The largest absolute Gasteiger partial charge is 0.488 e. The fourth-order valence-electron chi connectivity index (χ4n) is 2.41. The third-order valence-electron chi connectivity index (χ3n) is 4.64. The maximum absolute atomic E-state index is 12.7. The number of aryl methyl sites for hydroxylation is 1. The number of hydrogen-bond acceptors (Lipinski definition) is 3. The van der Waals surface area contributed by atoms with Crippen LogP contribution >= 0.6 is 0 Å². The molecule has 4 heteroatoms. The van der Waals surface area contributed by atoms with E-state index in [0.29, 0.717) is 10.6 Å². The summed E-state index contributed by atoms with van der Waals surface area (Å²) >= 11 is 0. The average Bonchev–Trinajstić information content (AvgIpc) is 2.62. The zero-order valence-electron chi connectivity index (χ0n) is 14.9. The van der Waals surface area contributed by atoms with Gasteiger partial charge in [-0.15, -0.1) is 0 Å². The van der Waals surface area contributed by atoms with E-state index in [2.05, 4.69) is 20.8 Å². The van der Waals surface area contributed by atoms with E-state index in [1.54, 1.807) is 36.4 Å². The van der Waals surface area contributed by atoms with Crippen LogP contribution in [0, 0.1) is 0 Å². The van der Waals surface area contributed by atoms with E-state index >= 15 is 0 Å². The summed E-state index contributed by atoms with van der Waals surface area (Å²) in [5.41, 5.74) is 0.896. The minimum absolute atomic E-state index is 0.226. The molecule has 0 atom stereocenters. The van der Waals surface area contributed by atoms with Gasteiger partial charge < -0.3 is 4.74 Å². The molecule has 2 aromatic rings. The summed E-state index contributed by atoms with van der Waals surface area (Å²) in [5.74, 6) is 0.696. The second-order valence-corrected chi connectivity index (χ2v) is 8.18. The fourth-order valence-corrected chi connectivity index (χ4v) is 3.67. The normalized spacial score (nSPS) is 12.2. The van der Waals surface area contributed by atoms with Crippen LogP contribution in [0.15, 0.2) is 58.3 Å². The molecule has 0 aliphatic rings. The first kappa shape index (κ1) is 18.5. The monoisotopic (exact) mass is 346 g/mol. The summed E-state index contributed by atoms with van der Waals surface area (Å²) in [6.07, 6.45) is 2.68. The first-order valence-corrected chi connectivity index (χ1v) is 9.96. The highest BCUT2D eigenvalue weighted by atomic mass is 32.2. The predicted octanol–water partition coefficient (Wildman–Crippen LogP) is 5.04. The highest BCUT2D eigenvalue weighted by Gasteiger charge is 2.22. The van der Waals surface area contributed by atoms with Gasteiger partial charge in [-0.2, -0.15) is 0 Å². The first-order chi connectivity index (χ1) is 11.3. The Morgan fingerprint density at radius 3 is 1.71 bits per heavy atom. The summed E-state index contributed by atoms with van der Waals surface area (Å²) in [6, 6.07) is 13.8. The summed E-state index contributed by atoms with van der Waals surface area (Å²) in [5, 5.41) is 0. The Morgan fingerprint density at radius 2 is 1.29 bits per heavy atom. The molecule has 130 valence electrons. The van der Waals surface area contributed by atoms with Crippen LogP contribution in [0.4, 0.5) is 0 Å². The van der Waals surface area contributed by atoms with Crippen molar-refractivity contribution in [2.45, 2.75) is 62.3 Å². The number of ether oxygens (including phenoxy) is 1. The van der Waals surface area contributed by atoms with Gasteiger partial charge in [-0.3, -0.25) is 0 Å². The van der Waals surface area contributed by atoms with Crippen molar-refractivity contribution < 1.29 is 13.2 Å². The van der Waals surface area contributed by atoms with Gasteiger partial charge in [0.2, 0.25) is 9.84 Å². The molecule has 3 nitrogen and oxygen atoms in total. The molecular formula is C20H26O3S. The van der Waals surface area contributed by atoms with Gasteiger partial charge in [-0.25, -0.2) is 8.42 Å². The Morgan fingerprint density at radius 1 is 0.833 bits per heavy atom. The maximum atomic E-state index is 12.7. The Balaban J connectivity index is 2.25. The molecule has 0 bridgehead atoms. The summed E-state index contributed by atoms with van der Waals surface area (Å²) in [6.45, 7) is 8.28. The van der Waals surface area contributed by atoms with E-state index in [0.717, 1.165) is 24.8 Å². The van der Waals surface area contributed by atoms with Crippen molar-refractivity contribution in [3.63, 3.8) is 0 Å². The van der Waals surface area contributed by atoms with E-state index < -0.39 is 9.84 Å². The minimum Gasteiger partial charge on any atom is -0.488 e. The molecule has 0 aliphatic heterocycles. The van der Waals surface area contributed by atoms with E-state index in [9.17, 15) is 8.42 Å². The van der Waals surface area contributed by atoms with Gasteiger partial charge in [0, 0.05) is 0 Å². The molecule has 2 rings (SSSR count). The van der Waals surface area contributed by atoms with Crippen LogP contribution in [0.25, 0.3) is 0 Å². The van der Waals surface area contributed by atoms with Crippen LogP contribution in [-0.2, 0) is 16.3 Å². The average molecular weight is 346 g/mol. The fraction of sp³-hybridized carbons (Fsp3) is 0.400. The Kier molecular flexibility index (Phi) is 5.70. The molecule has 0 unspecified atom stereocenters. The van der Waals surface area contributed by atoms with Gasteiger partial charge in [-0.1, -0.05) is 32.9 Å². The van der Waals surface area contributed by atoms with E-state index in [1.165, 1.54) is 0 Å². The van der Waals surface area contributed by atoms with Crippen LogP contribution in [0.2, 0.25) is 0 Å². The second kappa shape index (κ2) is 7.39. The number of rotatable bonds is 7. The SMILES string of the molecule is CCc1ccc(S(=O)(=O)c2ccc(OC(C)(CC)CC)cc2)cc1. The zero-order chi connectivity index (χ0) is 17.8. The van der Waals surface area contributed by atoms with Crippen molar-refractivity contribution in [2.75, 3.05) is 0 Å². The zero-order valence-corrected chi connectivity index (χ0v) is 15.7. The lowest BCUT2D eigenvalue weighted by Gasteiger charge is -2.28. The molecule has 0 heterocycles. The number of hydrogen-bond donors (Lipinski definition) is 0. The molecule has 0 fully saturated rings. The minimum atomic E-state index is -3.49. The Hall–Kier alpha value is -1.81. The molecule has 0 spiro atoms. The molecule has 0 amide bonds. The smallest absolute Gasteiger partial charge is 0.206 e. The van der Waals surface area contributed by atoms with Gasteiger partial charge >= 0.3 is 0 Å². The van der Waals surface area contributed by atoms with Gasteiger partial charge in [-0.05, 0) is 68.1 Å². The molecule has 2 aromatic carbocycles. The standard InChI is InChI=1S/C20H26O3S/c1-5-16-8-12-18(13-9-16)24(21,22)19-14-10-17(11-15-19)23-20(4,6-2)7-3/h8-15H,5-7H2,1-4H3. The van der Waals surface area contributed by atoms with Crippen molar-refractivity contribution in [1.82, 2.24) is 0 Å². The highest BCUT2D eigenvalue weighted by Crippen LogP contribution is 2.27. The molecule has 0 aromatic heterocycles. The van der Waals surface area contributed by atoms with Gasteiger partial charge in [0.15, 0.2) is 0 Å². The molecule has 24 heavy (non-hydrogen) atoms. The molecule has 0 radical (unpaired) electrons. The third kappa shape index (κ3) is 3.99. The second-order valence-electron chi connectivity index (χ2n) is 6.23. The summed E-state index contributed by atoms with van der Waals surface area (Å²) in [4.78, 5) is 0.606. The number of benzene rings is 2. The Bertz CT molecular complexity index is 756. The summed E-state index contributed by atoms with van der Waals surface area (Å²) < 4.78 is 31.4. The third-order valence-corrected chi connectivity index (χ3v) is 6.42. The van der Waals surface area contributed by atoms with Crippen LogP contribution in [-0.4, -0.2) is 14.0 Å². The first-order valence-electron chi connectivity index (χ1n) is 8.47. The lowest BCUT2D eigenvalue weighted by molar-refractivity contribution is 0.0802. The van der Waals surface area contributed by atoms with Gasteiger partial charge in [0.05, 0.1) is 9.79 Å². The predicted molar refractivity (Wildman–Crippen MR) is 97.3 cm³/mol. The van der Waals surface area contributed by atoms with Crippen LogP contribution < -0.4 is 4.74 Å². The van der Waals surface area contributed by atoms with Crippen molar-refractivity contribution in [2.24, 2.45) is 0 Å². The van der Waals surface area contributed by atoms with E-state index in [4.69, 9.17) is 4.74 Å². The molecule has 0 saturated heterocycles. The van der Waals surface area contributed by atoms with E-state index in [1.807, 2.05) is 19.1 Å². The lowest BCUT2D eigenvalue weighted by atomic mass is 10.00. The molecule has 0 aliphatic carbocycles. The molecule has 0 saturated carbocycles. The van der Waals surface area contributed by atoms with Gasteiger partial charge in [0.25, 0.3) is 0 Å². The Labute approximate surface area is 145 Å². The molecular weight excluding hydrogens is 320 g/mol. The highest BCUT2D eigenvalue weighted by molar-refractivity contribution is 7.91. The van der Waals surface area contributed by atoms with E-state index in [-0.39, 0.29) is 10.5 Å². The van der Waals surface area contributed by atoms with Crippen molar-refractivity contribution >= 4 is 9.84 Å². The quantitative estimate of drug-likeness (QED) is 0.705. The number of sulfone groups is 1. The van der Waals surface area contributed by atoms with Gasteiger partial charge in [0.1, 0.15) is 11.4 Å². The van der Waals surface area contributed by atoms with Crippen LogP contribution in [0.3, 0.4) is 0 Å². The summed E-state index contributed by atoms with van der Waals surface area (Å²) in [7, 11) is -3.49. The molecule has 0 N–H and O–H groups in total. The lowest BCUT2D eigenvalue weighted by Crippen LogP contribution is -2.30. The topological polar surface area (TPSA) is 43.4 Å². The van der Waals surface area contributed by atoms with Crippen LogP contribution in [0.1, 0.15) is 46.1 Å². The van der Waals surface area contributed by atoms with Crippen LogP contribution in [0.5, 0.6) is 5.75 Å². The van der Waals surface area contributed by atoms with Crippen molar-refractivity contribution in [3.8, 4) is 5.75 Å².